The SMILES string of the molecule is CC(OC(=O)c1ccc2c(c1Cl)C(=O)c1ccccc1C2=O)C(=O)Nc1ccc2c(c1)OCO2. The van der Waals surface area contributed by atoms with Crippen molar-refractivity contribution >= 4 is 40.7 Å². The maximum atomic E-state index is 13.0. The molecule has 3 aromatic rings. The lowest BCUT2D eigenvalue weighted by atomic mass is 9.83. The van der Waals surface area contributed by atoms with Gasteiger partial charge in [0.1, 0.15) is 0 Å². The molecule has 1 heterocycles. The number of carbonyl (C=O) groups is 4. The lowest BCUT2D eigenvalue weighted by Gasteiger charge is -2.20. The number of ketones is 2. The first-order valence-electron chi connectivity index (χ1n) is 10.3. The zero-order valence-corrected chi connectivity index (χ0v) is 18.5. The van der Waals surface area contributed by atoms with Gasteiger partial charge in [-0.15, -0.1) is 0 Å². The number of benzene rings is 3. The van der Waals surface area contributed by atoms with Gasteiger partial charge in [-0.2, -0.15) is 0 Å². The first kappa shape index (κ1) is 21.7. The zero-order valence-electron chi connectivity index (χ0n) is 17.7. The lowest BCUT2D eigenvalue weighted by Crippen LogP contribution is -2.30. The van der Waals surface area contributed by atoms with Crippen LogP contribution in [0.2, 0.25) is 5.02 Å². The van der Waals surface area contributed by atoms with Crippen molar-refractivity contribution in [2.45, 2.75) is 13.0 Å². The van der Waals surface area contributed by atoms with Crippen LogP contribution in [-0.4, -0.2) is 36.3 Å². The highest BCUT2D eigenvalue weighted by atomic mass is 35.5. The lowest BCUT2D eigenvalue weighted by molar-refractivity contribution is -0.123. The fraction of sp³-hybridized carbons (Fsp3) is 0.120. The number of fused-ring (bicyclic) bond motifs is 3. The number of halogens is 1. The van der Waals surface area contributed by atoms with Crippen molar-refractivity contribution in [2.24, 2.45) is 0 Å². The number of hydrogen-bond acceptors (Lipinski definition) is 7. The quantitative estimate of drug-likeness (QED) is 0.442. The average molecular weight is 478 g/mol. The van der Waals surface area contributed by atoms with E-state index in [1.54, 1.807) is 36.4 Å². The highest BCUT2D eigenvalue weighted by molar-refractivity contribution is 6.41. The summed E-state index contributed by atoms with van der Waals surface area (Å²) in [5.74, 6) is -1.25. The summed E-state index contributed by atoms with van der Waals surface area (Å²) in [6.07, 6.45) is -1.18. The first-order valence-corrected chi connectivity index (χ1v) is 10.7. The highest BCUT2D eigenvalue weighted by Gasteiger charge is 2.34. The minimum atomic E-state index is -1.18. The van der Waals surface area contributed by atoms with Crippen molar-refractivity contribution in [3.8, 4) is 11.5 Å². The van der Waals surface area contributed by atoms with E-state index in [0.29, 0.717) is 17.2 Å². The van der Waals surface area contributed by atoms with Crippen LogP contribution < -0.4 is 14.8 Å². The van der Waals surface area contributed by atoms with E-state index in [2.05, 4.69) is 5.32 Å². The van der Waals surface area contributed by atoms with Crippen molar-refractivity contribution < 1.29 is 33.4 Å². The molecule has 0 spiro atoms. The Bertz CT molecular complexity index is 1400. The molecule has 8 nitrogen and oxygen atoms in total. The van der Waals surface area contributed by atoms with Crippen LogP contribution in [0.1, 0.15) is 49.1 Å². The molecule has 0 bridgehead atoms. The smallest absolute Gasteiger partial charge is 0.340 e. The second kappa shape index (κ2) is 8.31. The fourth-order valence-electron chi connectivity index (χ4n) is 3.80. The highest BCUT2D eigenvalue weighted by Crippen LogP contribution is 2.35. The maximum Gasteiger partial charge on any atom is 0.340 e. The molecule has 9 heteroatoms. The van der Waals surface area contributed by atoms with Crippen LogP contribution in [0.15, 0.2) is 54.6 Å². The largest absolute Gasteiger partial charge is 0.454 e. The molecular weight excluding hydrogens is 462 g/mol. The van der Waals surface area contributed by atoms with Crippen LogP contribution in [0, 0.1) is 0 Å². The van der Waals surface area contributed by atoms with E-state index < -0.39 is 23.8 Å². The van der Waals surface area contributed by atoms with E-state index in [-0.39, 0.29) is 45.4 Å². The maximum absolute atomic E-state index is 13.0. The van der Waals surface area contributed by atoms with Gasteiger partial charge in [0.05, 0.1) is 16.1 Å². The van der Waals surface area contributed by atoms with Crippen molar-refractivity contribution in [3.63, 3.8) is 0 Å². The minimum absolute atomic E-state index is 0.0581. The number of amides is 1. The van der Waals surface area contributed by atoms with Gasteiger partial charge in [-0.25, -0.2) is 4.79 Å². The topological polar surface area (TPSA) is 108 Å². The molecule has 0 fully saturated rings. The van der Waals surface area contributed by atoms with Crippen LogP contribution >= 0.6 is 11.6 Å². The van der Waals surface area contributed by atoms with Gasteiger partial charge < -0.3 is 19.5 Å². The number of ether oxygens (including phenoxy) is 3. The molecule has 1 unspecified atom stereocenters. The molecule has 0 aromatic heterocycles. The average Bonchev–Trinajstić information content (AvgIpc) is 3.30. The molecule has 1 N–H and O–H groups in total. The van der Waals surface area contributed by atoms with E-state index in [9.17, 15) is 19.2 Å². The third-order valence-electron chi connectivity index (χ3n) is 5.54. The van der Waals surface area contributed by atoms with Gasteiger partial charge in [-0.1, -0.05) is 35.9 Å². The van der Waals surface area contributed by atoms with Crippen LogP contribution in [0.25, 0.3) is 0 Å². The fourth-order valence-corrected chi connectivity index (χ4v) is 4.13. The molecule has 1 atom stereocenters. The van der Waals surface area contributed by atoms with E-state index in [1.807, 2.05) is 0 Å². The molecule has 5 rings (SSSR count). The van der Waals surface area contributed by atoms with Gasteiger partial charge in [-0.3, -0.25) is 14.4 Å². The van der Waals surface area contributed by atoms with Gasteiger partial charge in [0.2, 0.25) is 6.79 Å². The normalized spacial score (nSPS) is 14.2. The molecule has 1 aliphatic heterocycles. The summed E-state index contributed by atoms with van der Waals surface area (Å²) in [5, 5.41) is 2.44. The van der Waals surface area contributed by atoms with Gasteiger partial charge >= 0.3 is 5.97 Å². The van der Waals surface area contributed by atoms with Crippen molar-refractivity contribution in [2.75, 3.05) is 12.1 Å². The number of hydrogen-bond donors (Lipinski definition) is 1. The van der Waals surface area contributed by atoms with Gasteiger partial charge in [0.15, 0.2) is 29.2 Å². The monoisotopic (exact) mass is 477 g/mol. The van der Waals surface area contributed by atoms with Crippen LogP contribution in [0.5, 0.6) is 11.5 Å². The number of anilines is 1. The Morgan fingerprint density at radius 1 is 0.941 bits per heavy atom. The van der Waals surface area contributed by atoms with E-state index >= 15 is 0 Å². The molecule has 170 valence electrons. The Morgan fingerprint density at radius 2 is 1.65 bits per heavy atom. The number of carbonyl (C=O) groups excluding carboxylic acids is 4. The molecule has 3 aromatic carbocycles. The molecule has 1 aliphatic carbocycles. The third-order valence-corrected chi connectivity index (χ3v) is 5.94. The minimum Gasteiger partial charge on any atom is -0.454 e. The molecule has 0 radical (unpaired) electrons. The second-order valence-electron chi connectivity index (χ2n) is 7.66. The van der Waals surface area contributed by atoms with Crippen LogP contribution in [0.3, 0.4) is 0 Å². The van der Waals surface area contributed by atoms with Crippen molar-refractivity contribution in [1.82, 2.24) is 0 Å². The van der Waals surface area contributed by atoms with E-state index in [1.165, 1.54) is 25.1 Å². The third kappa shape index (κ3) is 3.58. The summed E-state index contributed by atoms with van der Waals surface area (Å²) in [6, 6.07) is 13.9. The van der Waals surface area contributed by atoms with Crippen molar-refractivity contribution in [1.29, 1.82) is 0 Å². The summed E-state index contributed by atoms with van der Waals surface area (Å²) in [5.41, 5.74) is 0.857. The first-order chi connectivity index (χ1) is 16.3. The molecule has 2 aliphatic rings. The second-order valence-corrected chi connectivity index (χ2v) is 8.04. The molecule has 1 amide bonds. The summed E-state index contributed by atoms with van der Waals surface area (Å²) in [4.78, 5) is 51.1. The van der Waals surface area contributed by atoms with Crippen LogP contribution in [-0.2, 0) is 9.53 Å². The Kier molecular flexibility index (Phi) is 5.30. The Hall–Kier alpha value is -4.17. The van der Waals surface area contributed by atoms with Gasteiger partial charge in [-0.05, 0) is 31.2 Å². The molecular formula is C25H16ClNO7. The molecule has 0 saturated heterocycles. The number of esters is 1. The van der Waals surface area contributed by atoms with E-state index in [0.717, 1.165) is 0 Å². The Morgan fingerprint density at radius 3 is 2.41 bits per heavy atom. The number of nitrogens with one attached hydrogen (secondary N) is 1. The number of rotatable bonds is 4. The zero-order chi connectivity index (χ0) is 24.0. The Balaban J connectivity index is 1.34. The molecule has 34 heavy (non-hydrogen) atoms. The molecule has 0 saturated carbocycles. The predicted octanol–water partition coefficient (Wildman–Crippen LogP) is 4.03. The summed E-state index contributed by atoms with van der Waals surface area (Å²) in [7, 11) is 0. The van der Waals surface area contributed by atoms with Gasteiger partial charge in [0.25, 0.3) is 5.91 Å². The van der Waals surface area contributed by atoms with Gasteiger partial charge in [0, 0.05) is 28.4 Å². The summed E-state index contributed by atoms with van der Waals surface area (Å²) >= 11 is 6.39. The summed E-state index contributed by atoms with van der Waals surface area (Å²) < 4.78 is 15.8. The van der Waals surface area contributed by atoms with E-state index in [4.69, 9.17) is 25.8 Å². The predicted molar refractivity (Wildman–Crippen MR) is 121 cm³/mol. The Labute approximate surface area is 198 Å². The van der Waals surface area contributed by atoms with Crippen molar-refractivity contribution in [3.05, 3.63) is 87.4 Å². The standard InChI is InChI=1S/C25H16ClNO7/c1-12(24(30)27-13-6-9-18-19(10-13)33-11-32-18)34-25(31)17-8-7-16-20(21(17)26)23(29)15-5-3-2-4-14(15)22(16)28/h2-10,12H,11H2,1H3,(H,27,30). The summed E-state index contributed by atoms with van der Waals surface area (Å²) in [6.45, 7) is 1.50. The van der Waals surface area contributed by atoms with Crippen LogP contribution in [0.4, 0.5) is 5.69 Å².